The molecule has 2 aliphatic heterocycles. The monoisotopic (exact) mass is 318 g/mol. The van der Waals surface area contributed by atoms with Gasteiger partial charge in [-0.25, -0.2) is 0 Å². The Bertz CT molecular complexity index is 283. The van der Waals surface area contributed by atoms with E-state index >= 15 is 0 Å². The number of quaternary nitrogens is 1. The lowest BCUT2D eigenvalue weighted by Crippen LogP contribution is -3.18. The third-order valence-electron chi connectivity index (χ3n) is 4.48. The van der Waals surface area contributed by atoms with Gasteiger partial charge in [-0.2, -0.15) is 0 Å². The third kappa shape index (κ3) is 3.47. The molecule has 0 aliphatic carbocycles. The SMILES string of the molecule is CC[C@H](Br)C(=O)OC[C@H]1CCC[NH+]2CCCC[C@H]12. The molecule has 0 radical (unpaired) electrons. The van der Waals surface area contributed by atoms with Crippen LogP contribution in [0.3, 0.4) is 0 Å². The fourth-order valence-electron chi connectivity index (χ4n) is 3.42. The van der Waals surface area contributed by atoms with Gasteiger partial charge in [0.25, 0.3) is 0 Å². The van der Waals surface area contributed by atoms with Crippen molar-refractivity contribution in [1.29, 1.82) is 0 Å². The number of halogens is 1. The standard InChI is InChI=1S/C14H24BrNO2/c1-2-12(15)14(17)18-10-11-6-5-9-16-8-4-3-7-13(11)16/h11-13H,2-10H2,1H3/p+1/t11-,12+,13-/m1/s1. The Kier molecular flexibility index (Phi) is 5.49. The first-order valence-electron chi connectivity index (χ1n) is 7.37. The van der Waals surface area contributed by atoms with Crippen LogP contribution in [0.4, 0.5) is 0 Å². The van der Waals surface area contributed by atoms with Crippen molar-refractivity contribution in [2.75, 3.05) is 19.7 Å². The second-order valence-corrected chi connectivity index (χ2v) is 6.77. The van der Waals surface area contributed by atoms with Crippen molar-refractivity contribution in [3.63, 3.8) is 0 Å². The third-order valence-corrected chi connectivity index (χ3v) is 5.50. The van der Waals surface area contributed by atoms with Crippen molar-refractivity contribution >= 4 is 21.9 Å². The summed E-state index contributed by atoms with van der Waals surface area (Å²) in [5.74, 6) is 0.509. The molecule has 2 rings (SSSR count). The van der Waals surface area contributed by atoms with Crippen LogP contribution in [0.15, 0.2) is 0 Å². The summed E-state index contributed by atoms with van der Waals surface area (Å²) in [5, 5.41) is 0. The summed E-state index contributed by atoms with van der Waals surface area (Å²) < 4.78 is 5.48. The highest BCUT2D eigenvalue weighted by Gasteiger charge is 2.37. The maximum atomic E-state index is 11.7. The van der Waals surface area contributed by atoms with Crippen LogP contribution in [0.2, 0.25) is 0 Å². The van der Waals surface area contributed by atoms with E-state index in [1.807, 2.05) is 6.92 Å². The van der Waals surface area contributed by atoms with Crippen molar-refractivity contribution < 1.29 is 14.4 Å². The number of esters is 1. The predicted molar refractivity (Wildman–Crippen MR) is 75.0 cm³/mol. The van der Waals surface area contributed by atoms with Crippen molar-refractivity contribution in [2.45, 2.75) is 56.3 Å². The normalized spacial score (nSPS) is 33.6. The molecule has 0 spiro atoms. The minimum absolute atomic E-state index is 0.0829. The van der Waals surface area contributed by atoms with E-state index in [4.69, 9.17) is 4.74 Å². The first-order valence-corrected chi connectivity index (χ1v) is 8.29. The summed E-state index contributed by atoms with van der Waals surface area (Å²) in [6.45, 7) is 5.28. The minimum atomic E-state index is -0.129. The van der Waals surface area contributed by atoms with E-state index in [0.717, 1.165) is 12.5 Å². The van der Waals surface area contributed by atoms with Crippen LogP contribution in [0.5, 0.6) is 0 Å². The minimum Gasteiger partial charge on any atom is -0.464 e. The van der Waals surface area contributed by atoms with Gasteiger partial charge in [-0.3, -0.25) is 4.79 Å². The molecular formula is C14H25BrNO2+. The molecule has 18 heavy (non-hydrogen) atoms. The highest BCUT2D eigenvalue weighted by Crippen LogP contribution is 2.21. The molecule has 3 nitrogen and oxygen atoms in total. The summed E-state index contributed by atoms with van der Waals surface area (Å²) in [7, 11) is 0. The van der Waals surface area contributed by atoms with Crippen LogP contribution < -0.4 is 4.90 Å². The molecule has 2 fully saturated rings. The molecule has 0 bridgehead atoms. The Morgan fingerprint density at radius 3 is 2.89 bits per heavy atom. The molecule has 2 aliphatic rings. The number of rotatable bonds is 4. The first kappa shape index (κ1) is 14.3. The predicted octanol–water partition coefficient (Wildman–Crippen LogP) is 1.55. The summed E-state index contributed by atoms with van der Waals surface area (Å²) in [6.07, 6.45) is 7.37. The Hall–Kier alpha value is -0.0900. The Morgan fingerprint density at radius 2 is 2.11 bits per heavy atom. The molecule has 0 amide bonds. The average Bonchev–Trinajstić information content (AvgIpc) is 2.43. The molecule has 0 saturated carbocycles. The Morgan fingerprint density at radius 1 is 1.33 bits per heavy atom. The van der Waals surface area contributed by atoms with E-state index < -0.39 is 0 Å². The second kappa shape index (κ2) is 6.90. The van der Waals surface area contributed by atoms with Gasteiger partial charge in [0.2, 0.25) is 0 Å². The number of carbonyl (C=O) groups excluding carboxylic acids is 1. The maximum Gasteiger partial charge on any atom is 0.319 e. The zero-order valence-electron chi connectivity index (χ0n) is 11.3. The summed E-state index contributed by atoms with van der Waals surface area (Å²) in [5.41, 5.74) is 0. The molecule has 4 heteroatoms. The van der Waals surface area contributed by atoms with Crippen LogP contribution in [0.1, 0.15) is 45.4 Å². The molecule has 1 unspecified atom stereocenters. The largest absolute Gasteiger partial charge is 0.464 e. The summed E-state index contributed by atoms with van der Waals surface area (Å²) >= 11 is 3.36. The first-order chi connectivity index (χ1) is 8.72. The molecule has 0 aromatic rings. The van der Waals surface area contributed by atoms with E-state index in [9.17, 15) is 4.79 Å². The number of hydrogen-bond acceptors (Lipinski definition) is 2. The van der Waals surface area contributed by atoms with Gasteiger partial charge < -0.3 is 9.64 Å². The number of fused-ring (bicyclic) bond motifs is 1. The highest BCUT2D eigenvalue weighted by atomic mass is 79.9. The van der Waals surface area contributed by atoms with Crippen LogP contribution >= 0.6 is 15.9 Å². The lowest BCUT2D eigenvalue weighted by atomic mass is 9.84. The molecule has 104 valence electrons. The molecule has 2 heterocycles. The number of nitrogens with one attached hydrogen (secondary N) is 1. The van der Waals surface area contributed by atoms with Crippen molar-refractivity contribution in [1.82, 2.24) is 0 Å². The fourth-order valence-corrected chi connectivity index (χ4v) is 3.56. The van der Waals surface area contributed by atoms with Gasteiger partial charge in [-0.1, -0.05) is 22.9 Å². The van der Waals surface area contributed by atoms with Crippen molar-refractivity contribution in [3.05, 3.63) is 0 Å². The molecule has 4 atom stereocenters. The van der Waals surface area contributed by atoms with Crippen LogP contribution in [-0.4, -0.2) is 36.5 Å². The lowest BCUT2D eigenvalue weighted by Gasteiger charge is -2.41. The smallest absolute Gasteiger partial charge is 0.319 e. The van der Waals surface area contributed by atoms with E-state index in [-0.39, 0.29) is 10.8 Å². The number of ether oxygens (including phenoxy) is 1. The second-order valence-electron chi connectivity index (χ2n) is 5.67. The van der Waals surface area contributed by atoms with Gasteiger partial charge in [-0.15, -0.1) is 0 Å². The quantitative estimate of drug-likeness (QED) is 0.630. The van der Waals surface area contributed by atoms with Crippen LogP contribution in [-0.2, 0) is 9.53 Å². The Balaban J connectivity index is 1.82. The topological polar surface area (TPSA) is 30.7 Å². The van der Waals surface area contributed by atoms with E-state index in [2.05, 4.69) is 15.9 Å². The van der Waals surface area contributed by atoms with Crippen molar-refractivity contribution in [2.24, 2.45) is 5.92 Å². The summed E-state index contributed by atoms with van der Waals surface area (Å²) in [4.78, 5) is 13.3. The number of hydrogen-bond donors (Lipinski definition) is 1. The highest BCUT2D eigenvalue weighted by molar-refractivity contribution is 9.10. The van der Waals surface area contributed by atoms with E-state index in [1.54, 1.807) is 4.90 Å². The number of alkyl halides is 1. The molecule has 0 aromatic carbocycles. The average molecular weight is 319 g/mol. The number of carbonyl (C=O) groups is 1. The number of piperidine rings is 2. The van der Waals surface area contributed by atoms with Gasteiger partial charge >= 0.3 is 5.97 Å². The van der Waals surface area contributed by atoms with Crippen LogP contribution in [0, 0.1) is 5.92 Å². The lowest BCUT2D eigenvalue weighted by molar-refractivity contribution is -0.940. The van der Waals surface area contributed by atoms with E-state index in [1.165, 1.54) is 45.2 Å². The zero-order valence-corrected chi connectivity index (χ0v) is 12.9. The van der Waals surface area contributed by atoms with E-state index in [0.29, 0.717) is 12.5 Å². The molecule has 2 saturated heterocycles. The van der Waals surface area contributed by atoms with Gasteiger partial charge in [0, 0.05) is 5.92 Å². The van der Waals surface area contributed by atoms with Crippen LogP contribution in [0.25, 0.3) is 0 Å². The maximum absolute atomic E-state index is 11.7. The van der Waals surface area contributed by atoms with Crippen molar-refractivity contribution in [3.8, 4) is 0 Å². The van der Waals surface area contributed by atoms with Gasteiger partial charge in [0.1, 0.15) is 4.83 Å². The molecule has 1 N–H and O–H groups in total. The van der Waals surface area contributed by atoms with Gasteiger partial charge in [0.05, 0.1) is 25.7 Å². The summed E-state index contributed by atoms with van der Waals surface area (Å²) in [6, 6.07) is 0.746. The zero-order chi connectivity index (χ0) is 13.0. The molecule has 0 aromatic heterocycles. The van der Waals surface area contributed by atoms with Gasteiger partial charge in [0.15, 0.2) is 0 Å². The van der Waals surface area contributed by atoms with Gasteiger partial charge in [-0.05, 0) is 38.5 Å². The Labute approximate surface area is 118 Å². The molecular weight excluding hydrogens is 294 g/mol. The fraction of sp³-hybridized carbons (Fsp3) is 0.929.